The first kappa shape index (κ1) is 23.8. The fourth-order valence-electron chi connectivity index (χ4n) is 4.33. The van der Waals surface area contributed by atoms with E-state index in [1.54, 1.807) is 0 Å². The summed E-state index contributed by atoms with van der Waals surface area (Å²) >= 11 is 0. The van der Waals surface area contributed by atoms with Crippen LogP contribution in [0.2, 0.25) is 0 Å². The van der Waals surface area contributed by atoms with Gasteiger partial charge in [-0.25, -0.2) is 4.98 Å². The van der Waals surface area contributed by atoms with Crippen molar-refractivity contribution in [1.29, 1.82) is 0 Å². The second-order valence-corrected chi connectivity index (χ2v) is 8.86. The first-order valence-electron chi connectivity index (χ1n) is 12.8. The molecule has 0 amide bonds. The number of imidazole rings is 1. The number of hydrogen-bond acceptors (Lipinski definition) is 2. The van der Waals surface area contributed by atoms with Crippen molar-refractivity contribution < 1.29 is 4.74 Å². The van der Waals surface area contributed by atoms with Crippen LogP contribution in [-0.4, -0.2) is 16.6 Å². The molecule has 4 aromatic rings. The fourth-order valence-corrected chi connectivity index (χ4v) is 4.33. The lowest BCUT2D eigenvalue weighted by Gasteiger charge is -2.10. The van der Waals surface area contributed by atoms with Crippen LogP contribution in [0.3, 0.4) is 0 Å². The van der Waals surface area contributed by atoms with Gasteiger partial charge in [0, 0.05) is 11.1 Å². The first-order chi connectivity index (χ1) is 16.9. The highest BCUT2D eigenvalue weighted by atomic mass is 16.5. The van der Waals surface area contributed by atoms with Crippen molar-refractivity contribution >= 4 is 0 Å². The predicted octanol–water partition coefficient (Wildman–Crippen LogP) is 8.93. The second kappa shape index (κ2) is 12.8. The molecule has 176 valence electrons. The Morgan fingerprint density at radius 1 is 0.647 bits per heavy atom. The number of para-hydroxylation sites is 1. The highest BCUT2D eigenvalue weighted by molar-refractivity contribution is 5.82. The summed E-state index contributed by atoms with van der Waals surface area (Å²) in [6.07, 6.45) is 10.4. The summed E-state index contributed by atoms with van der Waals surface area (Å²) in [7, 11) is 0. The van der Waals surface area contributed by atoms with Crippen LogP contribution >= 0.6 is 0 Å². The first-order valence-corrected chi connectivity index (χ1v) is 12.8. The molecular weight excluding hydrogens is 416 g/mol. The van der Waals surface area contributed by atoms with Crippen LogP contribution < -0.4 is 4.74 Å². The Bertz CT molecular complexity index is 1060. The van der Waals surface area contributed by atoms with Crippen LogP contribution in [0.25, 0.3) is 33.9 Å². The van der Waals surface area contributed by atoms with E-state index in [0.717, 1.165) is 52.7 Å². The molecule has 0 spiro atoms. The molecule has 34 heavy (non-hydrogen) atoms. The van der Waals surface area contributed by atoms with Gasteiger partial charge in [0.15, 0.2) is 0 Å². The maximum absolute atomic E-state index is 6.24. The molecule has 3 aromatic carbocycles. The van der Waals surface area contributed by atoms with E-state index in [9.17, 15) is 0 Å². The number of unbranched alkanes of at least 4 members (excludes halogenated alkanes) is 7. The number of H-pyrrole nitrogens is 1. The Kier molecular flexibility index (Phi) is 8.96. The molecule has 0 saturated carbocycles. The molecule has 1 aromatic heterocycles. The number of ether oxygens (including phenoxy) is 1. The van der Waals surface area contributed by atoms with E-state index in [2.05, 4.69) is 66.5 Å². The van der Waals surface area contributed by atoms with Crippen molar-refractivity contribution in [3.05, 3.63) is 84.9 Å². The lowest BCUT2D eigenvalue weighted by atomic mass is 10.1. The molecule has 3 heteroatoms. The Morgan fingerprint density at radius 2 is 1.24 bits per heavy atom. The molecule has 4 rings (SSSR count). The van der Waals surface area contributed by atoms with E-state index in [-0.39, 0.29) is 0 Å². The smallest absolute Gasteiger partial charge is 0.142 e. The molecule has 0 radical (unpaired) electrons. The van der Waals surface area contributed by atoms with E-state index in [1.807, 2.05) is 30.3 Å². The third kappa shape index (κ3) is 6.38. The highest BCUT2D eigenvalue weighted by Crippen LogP contribution is 2.35. The average Bonchev–Trinajstić information content (AvgIpc) is 3.34. The van der Waals surface area contributed by atoms with E-state index < -0.39 is 0 Å². The maximum atomic E-state index is 6.24. The molecule has 0 fully saturated rings. The quantitative estimate of drug-likeness (QED) is 0.206. The van der Waals surface area contributed by atoms with Crippen LogP contribution in [-0.2, 0) is 0 Å². The molecule has 3 nitrogen and oxygen atoms in total. The van der Waals surface area contributed by atoms with Gasteiger partial charge < -0.3 is 9.72 Å². The minimum Gasteiger partial charge on any atom is -0.493 e. The van der Waals surface area contributed by atoms with Crippen molar-refractivity contribution in [2.45, 2.75) is 58.3 Å². The number of hydrogen-bond donors (Lipinski definition) is 1. The van der Waals surface area contributed by atoms with Crippen molar-refractivity contribution in [3.8, 4) is 39.7 Å². The molecule has 0 bridgehead atoms. The standard InChI is InChI=1S/C31H36N2O/c1-2-3-4-5-6-7-8-17-24-34-28-23-16-15-22-27(28)31-32-29(25-18-11-9-12-19-25)30(33-31)26-20-13-10-14-21-26/h9-16,18-23H,2-8,17,24H2,1H3,(H,32,33). The summed E-state index contributed by atoms with van der Waals surface area (Å²) < 4.78 is 6.24. The molecule has 0 unspecified atom stereocenters. The van der Waals surface area contributed by atoms with Gasteiger partial charge >= 0.3 is 0 Å². The van der Waals surface area contributed by atoms with E-state index in [4.69, 9.17) is 9.72 Å². The Balaban J connectivity index is 1.48. The van der Waals surface area contributed by atoms with Gasteiger partial charge in [-0.1, -0.05) is 125 Å². The van der Waals surface area contributed by atoms with Gasteiger partial charge in [0.2, 0.25) is 0 Å². The van der Waals surface area contributed by atoms with Gasteiger partial charge in [-0.3, -0.25) is 0 Å². The minimum atomic E-state index is 0.740. The van der Waals surface area contributed by atoms with Crippen LogP contribution in [0.4, 0.5) is 0 Å². The zero-order valence-electron chi connectivity index (χ0n) is 20.3. The molecule has 1 N–H and O–H groups in total. The van der Waals surface area contributed by atoms with E-state index in [0.29, 0.717) is 0 Å². The monoisotopic (exact) mass is 452 g/mol. The summed E-state index contributed by atoms with van der Waals surface area (Å²) in [6, 6.07) is 29.0. The van der Waals surface area contributed by atoms with Gasteiger partial charge in [0.05, 0.1) is 23.6 Å². The van der Waals surface area contributed by atoms with Crippen LogP contribution in [0.15, 0.2) is 84.9 Å². The zero-order valence-corrected chi connectivity index (χ0v) is 20.3. The fraction of sp³-hybridized carbons (Fsp3) is 0.323. The predicted molar refractivity (Wildman–Crippen MR) is 143 cm³/mol. The average molecular weight is 453 g/mol. The number of nitrogens with one attached hydrogen (secondary N) is 1. The Labute approximate surface area is 204 Å². The van der Waals surface area contributed by atoms with Gasteiger partial charge in [0.1, 0.15) is 11.6 Å². The summed E-state index contributed by atoms with van der Waals surface area (Å²) in [5.41, 5.74) is 5.21. The zero-order chi connectivity index (χ0) is 23.4. The third-order valence-corrected chi connectivity index (χ3v) is 6.21. The van der Waals surface area contributed by atoms with Crippen molar-refractivity contribution in [2.75, 3.05) is 6.61 Å². The molecule has 0 aliphatic heterocycles. The molecule has 1 heterocycles. The SMILES string of the molecule is CCCCCCCCCCOc1ccccc1-c1nc(-c2ccccc2)c(-c2ccccc2)[nH]1. The van der Waals surface area contributed by atoms with E-state index in [1.165, 1.54) is 44.9 Å². The molecule has 0 atom stereocenters. The van der Waals surface area contributed by atoms with Crippen LogP contribution in [0.1, 0.15) is 58.3 Å². The molecule has 0 aliphatic carbocycles. The highest BCUT2D eigenvalue weighted by Gasteiger charge is 2.17. The number of nitrogens with zero attached hydrogens (tertiary/aromatic N) is 1. The van der Waals surface area contributed by atoms with Crippen molar-refractivity contribution in [2.24, 2.45) is 0 Å². The molecule has 0 saturated heterocycles. The number of rotatable bonds is 13. The van der Waals surface area contributed by atoms with Gasteiger partial charge in [-0.2, -0.15) is 0 Å². The summed E-state index contributed by atoms with van der Waals surface area (Å²) in [5.74, 6) is 1.72. The number of aromatic amines is 1. The molecular formula is C31H36N2O. The lowest BCUT2D eigenvalue weighted by Crippen LogP contribution is -1.99. The maximum Gasteiger partial charge on any atom is 0.142 e. The normalized spacial score (nSPS) is 11.0. The van der Waals surface area contributed by atoms with Crippen LogP contribution in [0, 0.1) is 0 Å². The number of benzene rings is 3. The topological polar surface area (TPSA) is 37.9 Å². The van der Waals surface area contributed by atoms with Gasteiger partial charge in [-0.05, 0) is 18.6 Å². The Hall–Kier alpha value is -3.33. The lowest BCUT2D eigenvalue weighted by molar-refractivity contribution is 0.305. The Morgan fingerprint density at radius 3 is 1.94 bits per heavy atom. The summed E-state index contributed by atoms with van der Waals surface area (Å²) in [5, 5.41) is 0. The summed E-state index contributed by atoms with van der Waals surface area (Å²) in [6.45, 7) is 3.01. The number of aromatic nitrogens is 2. The van der Waals surface area contributed by atoms with Crippen molar-refractivity contribution in [3.63, 3.8) is 0 Å². The third-order valence-electron chi connectivity index (χ3n) is 6.21. The largest absolute Gasteiger partial charge is 0.493 e. The second-order valence-electron chi connectivity index (χ2n) is 8.86. The van der Waals surface area contributed by atoms with Gasteiger partial charge in [-0.15, -0.1) is 0 Å². The van der Waals surface area contributed by atoms with Crippen molar-refractivity contribution in [1.82, 2.24) is 9.97 Å². The van der Waals surface area contributed by atoms with E-state index >= 15 is 0 Å². The van der Waals surface area contributed by atoms with Crippen LogP contribution in [0.5, 0.6) is 5.75 Å². The summed E-state index contributed by atoms with van der Waals surface area (Å²) in [4.78, 5) is 8.64. The minimum absolute atomic E-state index is 0.740. The molecule has 0 aliphatic rings. The van der Waals surface area contributed by atoms with Gasteiger partial charge in [0.25, 0.3) is 0 Å².